The lowest BCUT2D eigenvalue weighted by atomic mass is 10.0. The summed E-state index contributed by atoms with van der Waals surface area (Å²) in [4.78, 5) is 59.6. The first-order chi connectivity index (χ1) is 23.9. The molecule has 12 heteroatoms. The number of carbonyl (C=O) groups excluding carboxylic acids is 3. The SMILES string of the molecule is COc1ccc2c(O[C@@H]3C[C@H]4C(=O)N[C@@H](C(=O)O)CCCCCCCC[C@H](NC(=O)OC(C)(C)C)C(=O)N4C3)cc(-c3ccccc3)nc2c1. The largest absolute Gasteiger partial charge is 0.497 e. The van der Waals surface area contributed by atoms with Crippen molar-refractivity contribution in [3.63, 3.8) is 0 Å². The van der Waals surface area contributed by atoms with Crippen LogP contribution >= 0.6 is 0 Å². The summed E-state index contributed by atoms with van der Waals surface area (Å²) in [6.07, 6.45) is 4.26. The molecule has 0 unspecified atom stereocenters. The number of ether oxygens (including phenoxy) is 3. The highest BCUT2D eigenvalue weighted by Gasteiger charge is 2.44. The van der Waals surface area contributed by atoms with E-state index in [0.717, 1.165) is 36.6 Å². The second-order valence-electron chi connectivity index (χ2n) is 14.0. The third-order valence-electron chi connectivity index (χ3n) is 9.03. The van der Waals surface area contributed by atoms with Crippen LogP contribution in [0.3, 0.4) is 0 Å². The van der Waals surface area contributed by atoms with E-state index in [1.54, 1.807) is 27.9 Å². The van der Waals surface area contributed by atoms with Crippen molar-refractivity contribution in [2.45, 2.75) is 108 Å². The highest BCUT2D eigenvalue weighted by molar-refractivity contribution is 5.94. The number of aliphatic carboxylic acids is 1. The molecule has 0 aliphatic carbocycles. The molecule has 0 bridgehead atoms. The molecule has 0 spiro atoms. The number of amides is 3. The number of pyridine rings is 1. The van der Waals surface area contributed by atoms with Gasteiger partial charge in [-0.3, -0.25) is 9.59 Å². The lowest BCUT2D eigenvalue weighted by Gasteiger charge is -2.30. The number of hydrogen-bond acceptors (Lipinski definition) is 8. The molecule has 3 heterocycles. The lowest BCUT2D eigenvalue weighted by Crippen LogP contribution is -2.55. The molecule has 0 saturated carbocycles. The Morgan fingerprint density at radius 3 is 2.34 bits per heavy atom. The van der Waals surface area contributed by atoms with E-state index in [2.05, 4.69) is 10.6 Å². The summed E-state index contributed by atoms with van der Waals surface area (Å²) in [5.74, 6) is -0.992. The van der Waals surface area contributed by atoms with Crippen molar-refractivity contribution < 1.29 is 38.5 Å². The zero-order valence-electron chi connectivity index (χ0n) is 29.3. The van der Waals surface area contributed by atoms with E-state index in [1.807, 2.05) is 54.6 Å². The van der Waals surface area contributed by atoms with E-state index >= 15 is 0 Å². The minimum absolute atomic E-state index is 0.0435. The van der Waals surface area contributed by atoms with Crippen molar-refractivity contribution in [1.82, 2.24) is 20.5 Å². The van der Waals surface area contributed by atoms with Gasteiger partial charge in [-0.1, -0.05) is 68.9 Å². The van der Waals surface area contributed by atoms with Crippen LogP contribution in [0.5, 0.6) is 11.5 Å². The summed E-state index contributed by atoms with van der Waals surface area (Å²) in [7, 11) is 1.58. The van der Waals surface area contributed by atoms with Crippen molar-refractivity contribution in [2.24, 2.45) is 0 Å². The summed E-state index contributed by atoms with van der Waals surface area (Å²) >= 11 is 0. The van der Waals surface area contributed by atoms with Crippen molar-refractivity contribution in [2.75, 3.05) is 13.7 Å². The number of hydrogen-bond donors (Lipinski definition) is 3. The minimum atomic E-state index is -1.12. The average Bonchev–Trinajstić information content (AvgIpc) is 3.50. The molecule has 268 valence electrons. The summed E-state index contributed by atoms with van der Waals surface area (Å²) in [6, 6.07) is 13.9. The number of carboxylic acids is 1. The number of nitrogens with zero attached hydrogens (tertiary/aromatic N) is 2. The Kier molecular flexibility index (Phi) is 11.8. The first-order valence-electron chi connectivity index (χ1n) is 17.5. The van der Waals surface area contributed by atoms with Gasteiger partial charge in [0.15, 0.2) is 0 Å². The predicted octanol–water partition coefficient (Wildman–Crippen LogP) is 5.86. The Labute approximate surface area is 292 Å². The molecular formula is C38H48N4O8. The van der Waals surface area contributed by atoms with Crippen molar-refractivity contribution in [1.29, 1.82) is 0 Å². The van der Waals surface area contributed by atoms with Crippen LogP contribution < -0.4 is 20.1 Å². The molecule has 3 aromatic rings. The highest BCUT2D eigenvalue weighted by atomic mass is 16.6. The zero-order chi connectivity index (χ0) is 35.8. The molecule has 12 nitrogen and oxygen atoms in total. The van der Waals surface area contributed by atoms with Gasteiger partial charge in [-0.05, 0) is 45.7 Å². The zero-order valence-corrected chi connectivity index (χ0v) is 29.3. The van der Waals surface area contributed by atoms with Crippen molar-refractivity contribution in [3.8, 4) is 22.8 Å². The van der Waals surface area contributed by atoms with Gasteiger partial charge in [0.25, 0.3) is 0 Å². The minimum Gasteiger partial charge on any atom is -0.497 e. The molecule has 50 heavy (non-hydrogen) atoms. The summed E-state index contributed by atoms with van der Waals surface area (Å²) in [5, 5.41) is 16.1. The summed E-state index contributed by atoms with van der Waals surface area (Å²) < 4.78 is 17.6. The third-order valence-corrected chi connectivity index (χ3v) is 9.03. The molecule has 2 aromatic carbocycles. The third kappa shape index (κ3) is 9.42. The van der Waals surface area contributed by atoms with Gasteiger partial charge in [-0.25, -0.2) is 14.6 Å². The molecule has 2 saturated heterocycles. The predicted molar refractivity (Wildman–Crippen MR) is 188 cm³/mol. The van der Waals surface area contributed by atoms with Crippen molar-refractivity contribution in [3.05, 3.63) is 54.6 Å². The topological polar surface area (TPSA) is 156 Å². The number of nitrogens with one attached hydrogen (secondary N) is 2. The fourth-order valence-corrected chi connectivity index (χ4v) is 6.55. The Balaban J connectivity index is 1.49. The number of fused-ring (bicyclic) bond motifs is 2. The van der Waals surface area contributed by atoms with Crippen LogP contribution in [0.25, 0.3) is 22.2 Å². The molecule has 3 amide bonds. The first kappa shape index (κ1) is 36.4. The van der Waals surface area contributed by atoms with Gasteiger partial charge in [0.1, 0.15) is 41.3 Å². The maximum atomic E-state index is 14.3. The van der Waals surface area contributed by atoms with Crippen LogP contribution in [0.1, 0.15) is 78.6 Å². The van der Waals surface area contributed by atoms with Gasteiger partial charge in [0.2, 0.25) is 11.8 Å². The van der Waals surface area contributed by atoms with Gasteiger partial charge in [-0.2, -0.15) is 0 Å². The number of rotatable bonds is 6. The standard InChI is InChI=1S/C38H48N4O8/c1-38(2,3)50-37(47)41-28-16-12-7-5-6-8-13-17-29(36(45)46)40-34(43)32-21-26(23-42(32)35(28)44)49-33-22-30(24-14-10-9-11-15-24)39-31-20-25(48-4)18-19-27(31)33/h9-11,14-15,18-20,22,26,28-29,32H,5-8,12-13,16-17,21,23H2,1-4H3,(H,40,43)(H,41,47)(H,45,46)/t26-,28+,29-,32+/m1/s1. The average molecular weight is 689 g/mol. The monoisotopic (exact) mass is 688 g/mol. The van der Waals surface area contributed by atoms with E-state index in [1.165, 1.54) is 4.90 Å². The number of carboxylic acid groups (broad SMARTS) is 1. The molecule has 5 rings (SSSR count). The number of alkyl carbamates (subject to hydrolysis) is 1. The van der Waals surface area contributed by atoms with E-state index in [9.17, 15) is 24.3 Å². The maximum absolute atomic E-state index is 14.3. The van der Waals surface area contributed by atoms with E-state index in [4.69, 9.17) is 19.2 Å². The second-order valence-corrected chi connectivity index (χ2v) is 14.0. The quantitative estimate of drug-likeness (QED) is 0.289. The number of carbonyl (C=O) groups is 4. The number of methoxy groups -OCH3 is 1. The van der Waals surface area contributed by atoms with E-state index in [0.29, 0.717) is 48.4 Å². The van der Waals surface area contributed by atoms with Crippen LogP contribution in [0.2, 0.25) is 0 Å². The van der Waals surface area contributed by atoms with Gasteiger partial charge in [-0.15, -0.1) is 0 Å². The number of aromatic nitrogens is 1. The summed E-state index contributed by atoms with van der Waals surface area (Å²) in [5.41, 5.74) is 1.43. The van der Waals surface area contributed by atoms with Gasteiger partial charge < -0.3 is 34.9 Å². The Morgan fingerprint density at radius 2 is 1.66 bits per heavy atom. The highest BCUT2D eigenvalue weighted by Crippen LogP contribution is 2.35. The fourth-order valence-electron chi connectivity index (χ4n) is 6.55. The molecule has 1 aromatic heterocycles. The molecule has 2 aliphatic heterocycles. The molecule has 4 atom stereocenters. The maximum Gasteiger partial charge on any atom is 0.408 e. The Bertz CT molecular complexity index is 1670. The van der Waals surface area contributed by atoms with Crippen molar-refractivity contribution >= 4 is 34.8 Å². The first-order valence-corrected chi connectivity index (χ1v) is 17.5. The molecule has 2 aliphatic rings. The summed E-state index contributed by atoms with van der Waals surface area (Å²) in [6.45, 7) is 5.28. The van der Waals surface area contributed by atoms with Crippen LogP contribution in [0.4, 0.5) is 4.79 Å². The van der Waals surface area contributed by atoms with Gasteiger partial charge in [0.05, 0.1) is 24.9 Å². The van der Waals surface area contributed by atoms with E-state index in [-0.39, 0.29) is 13.0 Å². The van der Waals surface area contributed by atoms with Crippen LogP contribution in [0, 0.1) is 0 Å². The Morgan fingerprint density at radius 1 is 0.960 bits per heavy atom. The normalized spacial score (nSPS) is 22.4. The van der Waals surface area contributed by atoms with Gasteiger partial charge in [0, 0.05) is 29.5 Å². The van der Waals surface area contributed by atoms with E-state index < -0.39 is 53.7 Å². The van der Waals surface area contributed by atoms with Crippen LogP contribution in [-0.4, -0.2) is 82.4 Å². The molecular weight excluding hydrogens is 640 g/mol. The second kappa shape index (κ2) is 16.2. The lowest BCUT2D eigenvalue weighted by molar-refractivity contribution is -0.144. The molecule has 2 fully saturated rings. The fraction of sp³-hybridized carbons (Fsp3) is 0.500. The van der Waals surface area contributed by atoms with Gasteiger partial charge >= 0.3 is 12.1 Å². The smallest absolute Gasteiger partial charge is 0.408 e. The Hall–Kier alpha value is -4.87. The number of benzene rings is 2. The molecule has 3 N–H and O–H groups in total. The molecule has 0 radical (unpaired) electrons. The van der Waals surface area contributed by atoms with Crippen LogP contribution in [0.15, 0.2) is 54.6 Å². The van der Waals surface area contributed by atoms with Crippen LogP contribution in [-0.2, 0) is 19.1 Å².